The minimum atomic E-state index is 0. The molecule has 0 bridgehead atoms. The van der Waals surface area contributed by atoms with Gasteiger partial charge < -0.3 is 26.3 Å². The van der Waals surface area contributed by atoms with Crippen LogP contribution in [0.25, 0.3) is 11.5 Å². The second kappa shape index (κ2) is 35.4. The molecule has 0 aromatic rings. The molecule has 0 aliphatic heterocycles. The summed E-state index contributed by atoms with van der Waals surface area (Å²) in [4.78, 5) is 0. The topological polar surface area (TPSA) is 47.6 Å². The summed E-state index contributed by atoms with van der Waals surface area (Å²) in [6.07, 6.45) is 0. The first-order valence-corrected chi connectivity index (χ1v) is 1.21. The second-order valence-corrected chi connectivity index (χ2v) is 0.500. The van der Waals surface area contributed by atoms with Crippen molar-refractivity contribution in [1.82, 2.24) is 0 Å². The molecule has 0 saturated carbocycles. The molecule has 0 aromatic carbocycles. The predicted octanol–water partition coefficient (Wildman–Crippen LogP) is 1.99. The molecule has 0 aliphatic rings. The molecular weight excluding hydrogens is 254 g/mol. The first kappa shape index (κ1) is 32.1. The van der Waals surface area contributed by atoms with Crippen LogP contribution in [0.3, 0.4) is 0 Å². The Morgan fingerprint density at radius 2 is 0.875 bits per heavy atom. The van der Waals surface area contributed by atoms with Crippen molar-refractivity contribution in [2.75, 3.05) is 13.1 Å². The van der Waals surface area contributed by atoms with Gasteiger partial charge in [0.2, 0.25) is 0 Å². The fraction of sp³-hybridized carbons (Fsp3) is 0.500. The molecule has 2 N–H and O–H groups in total. The van der Waals surface area contributed by atoms with Gasteiger partial charge in [0.1, 0.15) is 0 Å². The molecule has 4 heteroatoms. The van der Waals surface area contributed by atoms with E-state index in [0.29, 0.717) is 0 Å². The quantitative estimate of drug-likeness (QED) is 0.651. The van der Waals surface area contributed by atoms with Crippen molar-refractivity contribution < 1.29 is 65.4 Å². The van der Waals surface area contributed by atoms with E-state index in [2.05, 4.69) is 0 Å². The maximum atomic E-state index is 6.26. The Hall–Kier alpha value is 2.13. The number of hydrogen-bond acceptors (Lipinski definition) is 0. The SMILES string of the molecule is [CH3-].[CH3-].[NH-]CC[NH-].[Y].[Y]. The molecule has 0 amide bonds. The Morgan fingerprint density at radius 3 is 0.875 bits per heavy atom. The summed E-state index contributed by atoms with van der Waals surface area (Å²) >= 11 is 0. The van der Waals surface area contributed by atoms with Crippen LogP contribution in [0.2, 0.25) is 0 Å². The van der Waals surface area contributed by atoms with Gasteiger partial charge in [-0.1, -0.05) is 0 Å². The molecule has 0 rings (SSSR count). The molecule has 0 fully saturated rings. The summed E-state index contributed by atoms with van der Waals surface area (Å²) < 4.78 is 0. The molecule has 2 radical (unpaired) electrons. The van der Waals surface area contributed by atoms with Crippen molar-refractivity contribution in [3.8, 4) is 0 Å². The summed E-state index contributed by atoms with van der Waals surface area (Å²) in [5.74, 6) is 0. The monoisotopic (exact) mass is 266 g/mol. The Morgan fingerprint density at radius 1 is 0.750 bits per heavy atom. The Labute approximate surface area is 103 Å². The van der Waals surface area contributed by atoms with Crippen molar-refractivity contribution >= 4 is 0 Å². The largest absolute Gasteiger partial charge is 0.679 e. The first-order valence-electron chi connectivity index (χ1n) is 1.21. The fourth-order valence-corrected chi connectivity index (χ4v) is 0. The molecule has 0 spiro atoms. The van der Waals surface area contributed by atoms with Gasteiger partial charge in [0.15, 0.2) is 0 Å². The summed E-state index contributed by atoms with van der Waals surface area (Å²) in [5, 5.41) is 0. The molecule has 0 saturated heterocycles. The summed E-state index contributed by atoms with van der Waals surface area (Å²) in [6, 6.07) is 0. The van der Waals surface area contributed by atoms with Crippen LogP contribution in [-0.4, -0.2) is 13.1 Å². The van der Waals surface area contributed by atoms with E-state index in [0.717, 1.165) is 0 Å². The van der Waals surface area contributed by atoms with Crippen LogP contribution in [0, 0.1) is 14.9 Å². The molecule has 2 nitrogen and oxygen atoms in total. The van der Waals surface area contributed by atoms with E-state index < -0.39 is 0 Å². The summed E-state index contributed by atoms with van der Waals surface area (Å²) in [5.41, 5.74) is 12.5. The molecule has 0 aromatic heterocycles. The molecule has 48 valence electrons. The fourth-order valence-electron chi connectivity index (χ4n) is 0. The zero-order valence-corrected chi connectivity index (χ0v) is 11.2. The molecule has 0 atom stereocenters. The van der Waals surface area contributed by atoms with E-state index in [1.165, 1.54) is 0 Å². The van der Waals surface area contributed by atoms with Gasteiger partial charge >= 0.3 is 0 Å². The zero-order chi connectivity index (χ0) is 3.41. The third-order valence-electron chi connectivity index (χ3n) is 0.125. The zero-order valence-electron chi connectivity index (χ0n) is 5.57. The van der Waals surface area contributed by atoms with Crippen molar-refractivity contribution in [2.45, 2.75) is 0 Å². The van der Waals surface area contributed by atoms with E-state index in [4.69, 9.17) is 11.5 Å². The maximum absolute atomic E-state index is 6.26. The van der Waals surface area contributed by atoms with Gasteiger partial charge in [-0.2, -0.15) is 13.1 Å². The predicted molar refractivity (Wildman–Crippen MR) is 31.2 cm³/mol. The molecule has 0 heterocycles. The van der Waals surface area contributed by atoms with Crippen molar-refractivity contribution in [1.29, 1.82) is 0 Å². The molecule has 8 heavy (non-hydrogen) atoms. The van der Waals surface area contributed by atoms with Gasteiger partial charge in [0.25, 0.3) is 0 Å². The number of nitrogens with one attached hydrogen (secondary N) is 2. The van der Waals surface area contributed by atoms with Crippen LogP contribution in [0.1, 0.15) is 0 Å². The normalized spacial score (nSPS) is 3.75. The molecule has 0 unspecified atom stereocenters. The number of rotatable bonds is 1. The van der Waals surface area contributed by atoms with E-state index in [1.807, 2.05) is 0 Å². The average Bonchev–Trinajstić information content (AvgIpc) is 1.37. The van der Waals surface area contributed by atoms with Gasteiger partial charge in [-0.15, -0.1) is 0 Å². The van der Waals surface area contributed by atoms with Crippen LogP contribution in [0.5, 0.6) is 0 Å². The van der Waals surface area contributed by atoms with Crippen molar-refractivity contribution in [3.63, 3.8) is 0 Å². The van der Waals surface area contributed by atoms with Crippen molar-refractivity contribution in [3.05, 3.63) is 26.3 Å². The third-order valence-corrected chi connectivity index (χ3v) is 0.125. The van der Waals surface area contributed by atoms with Crippen LogP contribution < -0.4 is 0 Å². The number of hydrogen-bond donors (Lipinski definition) is 0. The van der Waals surface area contributed by atoms with Gasteiger partial charge in [0, 0.05) is 65.4 Å². The van der Waals surface area contributed by atoms with Crippen LogP contribution in [-0.2, 0) is 65.4 Å². The van der Waals surface area contributed by atoms with E-state index in [-0.39, 0.29) is 93.4 Å². The van der Waals surface area contributed by atoms with Gasteiger partial charge in [0.05, 0.1) is 0 Å². The molecular formula is C4H12N2Y2-4. The Bertz CT molecular complexity index is 14.0. The third kappa shape index (κ3) is 42.2. The van der Waals surface area contributed by atoms with E-state index in [9.17, 15) is 0 Å². The Balaban J connectivity index is -0.00000000750. The van der Waals surface area contributed by atoms with Crippen LogP contribution in [0.4, 0.5) is 0 Å². The standard InChI is InChI=1S/C2H6N2.2CH3.2Y/c3-1-2-4;;;;/h3-4H,1-2H2;2*1H3;;/q-2;2*-1;;. The van der Waals surface area contributed by atoms with Gasteiger partial charge in [-0.05, 0) is 0 Å². The summed E-state index contributed by atoms with van der Waals surface area (Å²) in [6.45, 7) is 0.472. The van der Waals surface area contributed by atoms with Crippen LogP contribution >= 0.6 is 0 Å². The average molecular weight is 266 g/mol. The molecule has 0 aliphatic carbocycles. The van der Waals surface area contributed by atoms with E-state index in [1.54, 1.807) is 0 Å². The Kier molecular flexibility index (Phi) is 142. The second-order valence-electron chi connectivity index (χ2n) is 0.500. The maximum Gasteiger partial charge on any atom is 0 e. The van der Waals surface area contributed by atoms with E-state index >= 15 is 0 Å². The van der Waals surface area contributed by atoms with Gasteiger partial charge in [-0.3, -0.25) is 0 Å². The van der Waals surface area contributed by atoms with Crippen molar-refractivity contribution in [2.24, 2.45) is 0 Å². The minimum Gasteiger partial charge on any atom is -0.679 e. The minimum absolute atomic E-state index is 0. The smallest absolute Gasteiger partial charge is 0 e. The van der Waals surface area contributed by atoms with Gasteiger partial charge in [-0.25, -0.2) is 0 Å². The first-order chi connectivity index (χ1) is 1.91. The van der Waals surface area contributed by atoms with Crippen LogP contribution in [0.15, 0.2) is 0 Å². The summed E-state index contributed by atoms with van der Waals surface area (Å²) in [7, 11) is 0.